The Balaban J connectivity index is 2.20. The molecule has 1 N–H and O–H groups in total. The van der Waals surface area contributed by atoms with E-state index in [2.05, 4.69) is 0 Å². The smallest absolute Gasteiger partial charge is 0.141 e. The third-order valence-corrected chi connectivity index (χ3v) is 2.76. The number of benzene rings is 1. The van der Waals surface area contributed by atoms with Gasteiger partial charge in [-0.1, -0.05) is 23.7 Å². The van der Waals surface area contributed by atoms with E-state index in [0.717, 1.165) is 5.56 Å². The lowest BCUT2D eigenvalue weighted by atomic mass is 10.1. The van der Waals surface area contributed by atoms with Crippen LogP contribution in [0.4, 0.5) is 4.39 Å². The van der Waals surface area contributed by atoms with Crippen molar-refractivity contribution in [1.29, 1.82) is 0 Å². The van der Waals surface area contributed by atoms with E-state index in [9.17, 15) is 4.39 Å². The Bertz CT molecular complexity index is 328. The SMILES string of the molecule is OC[C@@]1(F)C[C@@H]1c1cccc(Cl)c1. The molecule has 2 atom stereocenters. The lowest BCUT2D eigenvalue weighted by Gasteiger charge is -2.03. The predicted molar refractivity (Wildman–Crippen MR) is 49.7 cm³/mol. The molecule has 0 radical (unpaired) electrons. The van der Waals surface area contributed by atoms with E-state index in [1.807, 2.05) is 6.07 Å². The number of halogens is 2. The molecule has 1 nitrogen and oxygen atoms in total. The first-order valence-corrected chi connectivity index (χ1v) is 4.59. The van der Waals surface area contributed by atoms with Gasteiger partial charge in [0.15, 0.2) is 0 Å². The third-order valence-electron chi connectivity index (χ3n) is 2.52. The summed E-state index contributed by atoms with van der Waals surface area (Å²) in [7, 11) is 0. The standard InChI is InChI=1S/C10H10ClFO/c11-8-3-1-2-7(4-8)9-5-10(9,12)6-13/h1-4,9,13H,5-6H2/t9-,10+/m1/s1. The molecule has 0 aliphatic heterocycles. The van der Waals surface area contributed by atoms with Crippen molar-refractivity contribution in [3.8, 4) is 0 Å². The molecular weight excluding hydrogens is 191 g/mol. The molecule has 1 saturated carbocycles. The van der Waals surface area contributed by atoms with Crippen LogP contribution in [0.1, 0.15) is 17.9 Å². The zero-order valence-corrected chi connectivity index (χ0v) is 7.76. The fraction of sp³-hybridized carbons (Fsp3) is 0.400. The second-order valence-corrected chi connectivity index (χ2v) is 3.94. The third kappa shape index (κ3) is 1.56. The maximum absolute atomic E-state index is 13.4. The van der Waals surface area contributed by atoms with E-state index >= 15 is 0 Å². The van der Waals surface area contributed by atoms with Gasteiger partial charge in [-0.15, -0.1) is 0 Å². The summed E-state index contributed by atoms with van der Waals surface area (Å²) in [6.07, 6.45) is 0.407. The molecule has 2 rings (SSSR count). The maximum atomic E-state index is 13.4. The normalized spacial score (nSPS) is 31.8. The minimum Gasteiger partial charge on any atom is -0.393 e. The zero-order chi connectivity index (χ0) is 9.47. The van der Waals surface area contributed by atoms with Crippen molar-refractivity contribution < 1.29 is 9.50 Å². The summed E-state index contributed by atoms with van der Waals surface area (Å²) in [6.45, 7) is -0.399. The summed E-state index contributed by atoms with van der Waals surface area (Å²) in [6, 6.07) is 7.15. The molecule has 13 heavy (non-hydrogen) atoms. The van der Waals surface area contributed by atoms with Crippen molar-refractivity contribution in [2.75, 3.05) is 6.61 Å². The van der Waals surface area contributed by atoms with Crippen molar-refractivity contribution in [2.24, 2.45) is 0 Å². The van der Waals surface area contributed by atoms with Crippen LogP contribution in [0.15, 0.2) is 24.3 Å². The van der Waals surface area contributed by atoms with Gasteiger partial charge in [0.1, 0.15) is 5.67 Å². The van der Waals surface area contributed by atoms with Crippen LogP contribution < -0.4 is 0 Å². The van der Waals surface area contributed by atoms with Gasteiger partial charge in [-0.05, 0) is 24.1 Å². The summed E-state index contributed by atoms with van der Waals surface area (Å²) in [5.41, 5.74) is -0.519. The molecule has 0 aromatic heterocycles. The summed E-state index contributed by atoms with van der Waals surface area (Å²) in [5.74, 6) is -0.170. The van der Waals surface area contributed by atoms with Crippen molar-refractivity contribution >= 4 is 11.6 Å². The highest BCUT2D eigenvalue weighted by atomic mass is 35.5. The number of aliphatic hydroxyl groups excluding tert-OH is 1. The molecule has 3 heteroatoms. The van der Waals surface area contributed by atoms with Crippen LogP contribution in [0.25, 0.3) is 0 Å². The minimum absolute atomic E-state index is 0.170. The quantitative estimate of drug-likeness (QED) is 0.778. The molecule has 1 aromatic carbocycles. The summed E-state index contributed by atoms with van der Waals surface area (Å²) >= 11 is 5.77. The molecule has 1 fully saturated rings. The molecular formula is C10H10ClFO. The van der Waals surface area contributed by atoms with Crippen LogP contribution in [0.5, 0.6) is 0 Å². The first-order valence-electron chi connectivity index (χ1n) is 4.21. The van der Waals surface area contributed by atoms with Gasteiger partial charge in [0.2, 0.25) is 0 Å². The second-order valence-electron chi connectivity index (χ2n) is 3.50. The van der Waals surface area contributed by atoms with Crippen LogP contribution in [0, 0.1) is 0 Å². The number of hydrogen-bond donors (Lipinski definition) is 1. The molecule has 0 spiro atoms. The number of hydrogen-bond acceptors (Lipinski definition) is 1. The van der Waals surface area contributed by atoms with E-state index in [1.165, 1.54) is 0 Å². The predicted octanol–water partition coefficient (Wildman–Crippen LogP) is 2.53. The Labute approximate surface area is 81.1 Å². The zero-order valence-electron chi connectivity index (χ0n) is 7.00. The van der Waals surface area contributed by atoms with Gasteiger partial charge in [-0.25, -0.2) is 4.39 Å². The molecule has 0 bridgehead atoms. The fourth-order valence-electron chi connectivity index (χ4n) is 1.60. The van der Waals surface area contributed by atoms with E-state index in [4.69, 9.17) is 16.7 Å². The Morgan fingerprint density at radius 3 is 2.92 bits per heavy atom. The highest BCUT2D eigenvalue weighted by Gasteiger charge is 2.55. The molecule has 0 amide bonds. The Morgan fingerprint density at radius 2 is 2.38 bits per heavy atom. The average Bonchev–Trinajstić information content (AvgIpc) is 2.79. The Kier molecular flexibility index (Phi) is 2.05. The number of aliphatic hydroxyl groups is 1. The molecule has 1 aliphatic rings. The van der Waals surface area contributed by atoms with Gasteiger partial charge in [0, 0.05) is 10.9 Å². The Hall–Kier alpha value is -0.600. The van der Waals surface area contributed by atoms with E-state index in [0.29, 0.717) is 11.4 Å². The first-order chi connectivity index (χ1) is 6.15. The van der Waals surface area contributed by atoms with E-state index < -0.39 is 12.3 Å². The molecule has 1 aliphatic carbocycles. The van der Waals surface area contributed by atoms with Gasteiger partial charge in [0.25, 0.3) is 0 Å². The lowest BCUT2D eigenvalue weighted by Crippen LogP contribution is -2.09. The van der Waals surface area contributed by atoms with Crippen molar-refractivity contribution in [3.05, 3.63) is 34.9 Å². The first kappa shape index (κ1) is 8.97. The maximum Gasteiger partial charge on any atom is 0.141 e. The monoisotopic (exact) mass is 200 g/mol. The van der Waals surface area contributed by atoms with Crippen molar-refractivity contribution in [3.63, 3.8) is 0 Å². The summed E-state index contributed by atoms with van der Waals surface area (Å²) in [4.78, 5) is 0. The highest BCUT2D eigenvalue weighted by molar-refractivity contribution is 6.30. The van der Waals surface area contributed by atoms with Crippen LogP contribution in [0.3, 0.4) is 0 Å². The summed E-state index contributed by atoms with van der Waals surface area (Å²) in [5, 5.41) is 9.37. The van der Waals surface area contributed by atoms with Gasteiger partial charge in [-0.3, -0.25) is 0 Å². The molecule has 0 saturated heterocycles. The van der Waals surface area contributed by atoms with Gasteiger partial charge in [0.05, 0.1) is 6.61 Å². The lowest BCUT2D eigenvalue weighted by molar-refractivity contribution is 0.155. The highest BCUT2D eigenvalue weighted by Crippen LogP contribution is 2.54. The van der Waals surface area contributed by atoms with Crippen molar-refractivity contribution in [1.82, 2.24) is 0 Å². The average molecular weight is 201 g/mol. The molecule has 0 heterocycles. The fourth-order valence-corrected chi connectivity index (χ4v) is 1.79. The largest absolute Gasteiger partial charge is 0.393 e. The number of rotatable bonds is 2. The van der Waals surface area contributed by atoms with E-state index in [-0.39, 0.29) is 5.92 Å². The topological polar surface area (TPSA) is 20.2 Å². The van der Waals surface area contributed by atoms with Gasteiger partial charge < -0.3 is 5.11 Å². The minimum atomic E-state index is -1.40. The summed E-state index contributed by atoms with van der Waals surface area (Å²) < 4.78 is 13.4. The van der Waals surface area contributed by atoms with Gasteiger partial charge in [-0.2, -0.15) is 0 Å². The van der Waals surface area contributed by atoms with Crippen LogP contribution in [-0.2, 0) is 0 Å². The van der Waals surface area contributed by atoms with Crippen LogP contribution in [0.2, 0.25) is 5.02 Å². The van der Waals surface area contributed by atoms with Crippen molar-refractivity contribution in [2.45, 2.75) is 18.0 Å². The second kappa shape index (κ2) is 2.96. The Morgan fingerprint density at radius 1 is 1.62 bits per heavy atom. The van der Waals surface area contributed by atoms with Crippen LogP contribution >= 0.6 is 11.6 Å². The number of alkyl halides is 1. The molecule has 1 aromatic rings. The molecule has 70 valence electrons. The van der Waals surface area contributed by atoms with E-state index in [1.54, 1.807) is 18.2 Å². The molecule has 0 unspecified atom stereocenters. The van der Waals surface area contributed by atoms with Gasteiger partial charge >= 0.3 is 0 Å². The van der Waals surface area contributed by atoms with Crippen LogP contribution in [-0.4, -0.2) is 17.4 Å².